The number of hydrogen-bond acceptors (Lipinski definition) is 1. The van der Waals surface area contributed by atoms with Crippen LogP contribution in [0.2, 0.25) is 0 Å². The number of rotatable bonds is 3. The summed E-state index contributed by atoms with van der Waals surface area (Å²) in [6.07, 6.45) is -6.10. The third-order valence-corrected chi connectivity index (χ3v) is 2.41. The molecule has 17 heavy (non-hydrogen) atoms. The van der Waals surface area contributed by atoms with Gasteiger partial charge in [-0.05, 0) is 37.1 Å². The predicted molar refractivity (Wildman–Crippen MR) is 55.5 cm³/mol. The first kappa shape index (κ1) is 13.7. The largest absolute Gasteiger partial charge is 0.389 e. The number of alkyl halides is 3. The molecule has 0 spiro atoms. The summed E-state index contributed by atoms with van der Waals surface area (Å²) in [4.78, 5) is 11.6. The molecule has 0 radical (unpaired) electrons. The minimum atomic E-state index is -4.35. The van der Waals surface area contributed by atoms with Gasteiger partial charge in [0.2, 0.25) is 0 Å². The summed E-state index contributed by atoms with van der Waals surface area (Å²) in [6.45, 7) is 3.02. The molecule has 0 aliphatic carbocycles. The predicted octanol–water partition coefficient (Wildman–Crippen LogP) is 3.97. The van der Waals surface area contributed by atoms with Gasteiger partial charge in [-0.3, -0.25) is 4.79 Å². The standard InChI is InChI=1S/C12H12F4O/c1-7-5-9(13)6-8(2)11(7)10(17)3-4-12(14,15)16/h5-6H,3-4H2,1-2H3. The van der Waals surface area contributed by atoms with Gasteiger partial charge in [-0.15, -0.1) is 0 Å². The molecule has 1 nitrogen and oxygen atoms in total. The number of ketones is 1. The van der Waals surface area contributed by atoms with E-state index in [0.717, 1.165) is 12.1 Å². The lowest BCUT2D eigenvalue weighted by Gasteiger charge is -2.10. The fourth-order valence-corrected chi connectivity index (χ4v) is 1.73. The summed E-state index contributed by atoms with van der Waals surface area (Å²) < 4.78 is 48.9. The summed E-state index contributed by atoms with van der Waals surface area (Å²) in [7, 11) is 0. The van der Waals surface area contributed by atoms with Crippen LogP contribution in [0, 0.1) is 19.7 Å². The van der Waals surface area contributed by atoms with Crippen LogP contribution in [0.1, 0.15) is 34.3 Å². The van der Waals surface area contributed by atoms with Crippen molar-refractivity contribution in [2.24, 2.45) is 0 Å². The van der Waals surface area contributed by atoms with Crippen molar-refractivity contribution in [1.29, 1.82) is 0 Å². The zero-order chi connectivity index (χ0) is 13.2. The Bertz CT molecular complexity index is 412. The van der Waals surface area contributed by atoms with E-state index in [4.69, 9.17) is 0 Å². The van der Waals surface area contributed by atoms with Gasteiger partial charge >= 0.3 is 6.18 Å². The summed E-state index contributed by atoms with van der Waals surface area (Å²) >= 11 is 0. The van der Waals surface area contributed by atoms with E-state index >= 15 is 0 Å². The Labute approximate surface area is 96.4 Å². The van der Waals surface area contributed by atoms with Crippen molar-refractivity contribution >= 4 is 5.78 Å². The van der Waals surface area contributed by atoms with E-state index in [2.05, 4.69) is 0 Å². The fraction of sp³-hybridized carbons (Fsp3) is 0.417. The van der Waals surface area contributed by atoms with E-state index in [1.807, 2.05) is 0 Å². The van der Waals surface area contributed by atoms with Crippen molar-refractivity contribution in [3.63, 3.8) is 0 Å². The van der Waals surface area contributed by atoms with Gasteiger partial charge in [0.1, 0.15) is 5.82 Å². The highest BCUT2D eigenvalue weighted by molar-refractivity contribution is 5.98. The van der Waals surface area contributed by atoms with Crippen molar-refractivity contribution in [1.82, 2.24) is 0 Å². The zero-order valence-electron chi connectivity index (χ0n) is 9.49. The van der Waals surface area contributed by atoms with Gasteiger partial charge in [0.15, 0.2) is 5.78 Å². The first-order chi connectivity index (χ1) is 7.70. The van der Waals surface area contributed by atoms with Crippen LogP contribution < -0.4 is 0 Å². The van der Waals surface area contributed by atoms with Crippen LogP contribution in [-0.4, -0.2) is 12.0 Å². The van der Waals surface area contributed by atoms with Gasteiger partial charge in [-0.25, -0.2) is 4.39 Å². The van der Waals surface area contributed by atoms with Gasteiger partial charge < -0.3 is 0 Å². The molecular weight excluding hydrogens is 236 g/mol. The van der Waals surface area contributed by atoms with E-state index in [1.54, 1.807) is 0 Å². The normalized spacial score (nSPS) is 11.6. The maximum absolute atomic E-state index is 13.0. The van der Waals surface area contributed by atoms with Crippen LogP contribution in [0.5, 0.6) is 0 Å². The Hall–Kier alpha value is -1.39. The highest BCUT2D eigenvalue weighted by atomic mass is 19.4. The van der Waals surface area contributed by atoms with Crippen LogP contribution in [0.15, 0.2) is 12.1 Å². The minimum absolute atomic E-state index is 0.190. The Morgan fingerprint density at radius 2 is 1.65 bits per heavy atom. The molecule has 1 aromatic carbocycles. The van der Waals surface area contributed by atoms with Crippen molar-refractivity contribution in [2.45, 2.75) is 32.9 Å². The summed E-state index contributed by atoms with van der Waals surface area (Å²) in [5, 5.41) is 0. The molecule has 0 saturated heterocycles. The van der Waals surface area contributed by atoms with Crippen LogP contribution in [0.25, 0.3) is 0 Å². The number of aryl methyl sites for hydroxylation is 2. The van der Waals surface area contributed by atoms with Crippen molar-refractivity contribution in [2.75, 3.05) is 0 Å². The molecule has 0 aliphatic rings. The zero-order valence-corrected chi connectivity index (χ0v) is 9.49. The average molecular weight is 248 g/mol. The van der Waals surface area contributed by atoms with Gasteiger partial charge in [0.05, 0.1) is 6.42 Å². The van der Waals surface area contributed by atoms with Crippen molar-refractivity contribution < 1.29 is 22.4 Å². The quantitative estimate of drug-likeness (QED) is 0.584. The smallest absolute Gasteiger partial charge is 0.294 e. The first-order valence-electron chi connectivity index (χ1n) is 5.07. The Balaban J connectivity index is 2.90. The lowest BCUT2D eigenvalue weighted by atomic mass is 9.96. The van der Waals surface area contributed by atoms with Crippen molar-refractivity contribution in [3.8, 4) is 0 Å². The van der Waals surface area contributed by atoms with E-state index in [1.165, 1.54) is 13.8 Å². The molecule has 0 N–H and O–H groups in total. The molecule has 1 aromatic rings. The molecule has 1 rings (SSSR count). The number of Topliss-reactive ketones (excluding diaryl/α,β-unsaturated/α-hetero) is 1. The molecule has 0 atom stereocenters. The van der Waals surface area contributed by atoms with Gasteiger partial charge in [-0.2, -0.15) is 13.2 Å². The fourth-order valence-electron chi connectivity index (χ4n) is 1.73. The Kier molecular flexibility index (Phi) is 3.91. The lowest BCUT2D eigenvalue weighted by Crippen LogP contribution is -2.12. The molecule has 0 unspecified atom stereocenters. The average Bonchev–Trinajstić information content (AvgIpc) is 2.11. The van der Waals surface area contributed by atoms with E-state index in [-0.39, 0.29) is 5.56 Å². The van der Waals surface area contributed by atoms with Crippen LogP contribution >= 0.6 is 0 Å². The summed E-state index contributed by atoms with van der Waals surface area (Å²) in [5.74, 6) is -1.09. The molecule has 0 fully saturated rings. The molecule has 0 heterocycles. The number of hydrogen-bond donors (Lipinski definition) is 0. The second-order valence-electron chi connectivity index (χ2n) is 3.95. The van der Waals surface area contributed by atoms with Crippen LogP contribution in [-0.2, 0) is 0 Å². The summed E-state index contributed by atoms with van der Waals surface area (Å²) in [6, 6.07) is 2.29. The van der Waals surface area contributed by atoms with Crippen molar-refractivity contribution in [3.05, 3.63) is 34.6 Å². The molecule has 0 saturated carbocycles. The highest BCUT2D eigenvalue weighted by Crippen LogP contribution is 2.24. The molecule has 5 heteroatoms. The molecule has 94 valence electrons. The van der Waals surface area contributed by atoms with Gasteiger partial charge in [0.25, 0.3) is 0 Å². The molecular formula is C12H12F4O. The second-order valence-corrected chi connectivity index (χ2v) is 3.95. The first-order valence-corrected chi connectivity index (χ1v) is 5.07. The van der Waals surface area contributed by atoms with E-state index in [9.17, 15) is 22.4 Å². The molecule has 0 amide bonds. The minimum Gasteiger partial charge on any atom is -0.294 e. The Morgan fingerprint density at radius 1 is 1.18 bits per heavy atom. The van der Waals surface area contributed by atoms with Gasteiger partial charge in [-0.1, -0.05) is 0 Å². The molecule has 0 aromatic heterocycles. The van der Waals surface area contributed by atoms with Gasteiger partial charge in [0, 0.05) is 12.0 Å². The third kappa shape index (κ3) is 3.84. The Morgan fingerprint density at radius 3 is 2.06 bits per heavy atom. The number of carbonyl (C=O) groups excluding carboxylic acids is 1. The summed E-state index contributed by atoms with van der Waals surface area (Å²) in [5.41, 5.74) is 0.931. The second kappa shape index (κ2) is 4.85. The monoisotopic (exact) mass is 248 g/mol. The van der Waals surface area contributed by atoms with Crippen LogP contribution in [0.3, 0.4) is 0 Å². The maximum atomic E-state index is 13.0. The number of benzene rings is 1. The number of halogens is 4. The lowest BCUT2D eigenvalue weighted by molar-refractivity contribution is -0.133. The topological polar surface area (TPSA) is 17.1 Å². The van der Waals surface area contributed by atoms with Crippen LogP contribution in [0.4, 0.5) is 17.6 Å². The highest BCUT2D eigenvalue weighted by Gasteiger charge is 2.28. The molecule has 0 bridgehead atoms. The van der Waals surface area contributed by atoms with E-state index < -0.39 is 30.6 Å². The molecule has 0 aliphatic heterocycles. The third-order valence-electron chi connectivity index (χ3n) is 2.41. The SMILES string of the molecule is Cc1cc(F)cc(C)c1C(=O)CCC(F)(F)F. The number of carbonyl (C=O) groups is 1. The maximum Gasteiger partial charge on any atom is 0.389 e. The van der Waals surface area contributed by atoms with E-state index in [0.29, 0.717) is 11.1 Å².